The van der Waals surface area contributed by atoms with E-state index in [0.717, 1.165) is 39.1 Å². The Morgan fingerprint density at radius 2 is 2.28 bits per heavy atom. The number of amidine groups is 1. The fourth-order valence-corrected chi connectivity index (χ4v) is 3.00. The second-order valence-corrected chi connectivity index (χ2v) is 5.44. The van der Waals surface area contributed by atoms with Crippen LogP contribution in [0.4, 0.5) is 0 Å². The Hall–Kier alpha value is -0.810. The van der Waals surface area contributed by atoms with Gasteiger partial charge in [-0.25, -0.2) is 0 Å². The van der Waals surface area contributed by atoms with E-state index in [1.54, 1.807) is 0 Å². The number of nitrogens with zero attached hydrogens (tertiary/aromatic N) is 2. The van der Waals surface area contributed by atoms with Crippen molar-refractivity contribution in [2.24, 2.45) is 16.8 Å². The zero-order valence-corrected chi connectivity index (χ0v) is 11.1. The maximum Gasteiger partial charge on any atom is 0.143 e. The van der Waals surface area contributed by atoms with Crippen LogP contribution in [0.15, 0.2) is 5.16 Å². The van der Waals surface area contributed by atoms with E-state index in [4.69, 9.17) is 15.7 Å². The maximum absolute atomic E-state index is 8.72. The van der Waals surface area contributed by atoms with Gasteiger partial charge in [0.05, 0.1) is 6.10 Å². The highest BCUT2D eigenvalue weighted by Gasteiger charge is 2.23. The van der Waals surface area contributed by atoms with E-state index in [1.807, 2.05) is 0 Å². The fourth-order valence-electron chi connectivity index (χ4n) is 3.00. The quantitative estimate of drug-likeness (QED) is 0.337. The van der Waals surface area contributed by atoms with Gasteiger partial charge in [0.25, 0.3) is 0 Å². The molecule has 3 N–H and O–H groups in total. The van der Waals surface area contributed by atoms with E-state index in [1.165, 1.54) is 25.7 Å². The summed E-state index contributed by atoms with van der Waals surface area (Å²) in [6.07, 6.45) is 7.49. The van der Waals surface area contributed by atoms with Gasteiger partial charge in [-0.2, -0.15) is 0 Å². The molecule has 2 aliphatic heterocycles. The highest BCUT2D eigenvalue weighted by Crippen LogP contribution is 2.19. The number of nitrogens with two attached hydrogens (primary N) is 1. The molecule has 104 valence electrons. The summed E-state index contributed by atoms with van der Waals surface area (Å²) in [5.74, 6) is 0.616. The Morgan fingerprint density at radius 1 is 1.39 bits per heavy atom. The molecular weight excluding hydrogens is 230 g/mol. The van der Waals surface area contributed by atoms with Crippen molar-refractivity contribution in [1.82, 2.24) is 4.90 Å². The predicted octanol–water partition coefficient (Wildman–Crippen LogP) is 1.40. The molecule has 2 fully saturated rings. The van der Waals surface area contributed by atoms with Crippen molar-refractivity contribution >= 4 is 5.84 Å². The molecule has 2 aliphatic rings. The van der Waals surface area contributed by atoms with Crippen molar-refractivity contribution in [2.75, 3.05) is 26.2 Å². The average molecular weight is 255 g/mol. The molecule has 2 atom stereocenters. The van der Waals surface area contributed by atoms with Crippen molar-refractivity contribution < 1.29 is 9.94 Å². The SMILES string of the molecule is N/C(=N\O)C1CCCN(CCCC2CCCO2)C1. The van der Waals surface area contributed by atoms with Gasteiger partial charge in [0.1, 0.15) is 5.84 Å². The van der Waals surface area contributed by atoms with E-state index < -0.39 is 0 Å². The fraction of sp³-hybridized carbons (Fsp3) is 0.923. The number of oxime groups is 1. The first-order valence-electron chi connectivity index (χ1n) is 7.11. The summed E-state index contributed by atoms with van der Waals surface area (Å²) in [5.41, 5.74) is 5.69. The number of ether oxygens (including phenoxy) is 1. The Morgan fingerprint density at radius 3 is 3.00 bits per heavy atom. The molecule has 0 radical (unpaired) electrons. The van der Waals surface area contributed by atoms with Crippen LogP contribution in [0, 0.1) is 5.92 Å². The van der Waals surface area contributed by atoms with E-state index in [-0.39, 0.29) is 5.92 Å². The highest BCUT2D eigenvalue weighted by molar-refractivity contribution is 5.82. The van der Waals surface area contributed by atoms with Gasteiger partial charge in [-0.15, -0.1) is 0 Å². The van der Waals surface area contributed by atoms with Gasteiger partial charge in [-0.1, -0.05) is 5.16 Å². The average Bonchev–Trinajstić information content (AvgIpc) is 2.91. The zero-order valence-electron chi connectivity index (χ0n) is 11.1. The molecule has 0 spiro atoms. The van der Waals surface area contributed by atoms with E-state index in [2.05, 4.69) is 10.1 Å². The van der Waals surface area contributed by atoms with Crippen LogP contribution in [0.25, 0.3) is 0 Å². The summed E-state index contributed by atoms with van der Waals surface area (Å²) in [6, 6.07) is 0. The number of hydrogen-bond acceptors (Lipinski definition) is 4. The number of hydrogen-bond donors (Lipinski definition) is 2. The zero-order chi connectivity index (χ0) is 12.8. The first-order valence-corrected chi connectivity index (χ1v) is 7.11. The van der Waals surface area contributed by atoms with Gasteiger partial charge in [0.2, 0.25) is 0 Å². The Balaban J connectivity index is 1.66. The summed E-state index contributed by atoms with van der Waals surface area (Å²) < 4.78 is 5.63. The Kier molecular flexibility index (Phi) is 5.26. The molecule has 0 aromatic heterocycles. The maximum atomic E-state index is 8.72. The Labute approximate surface area is 109 Å². The van der Waals surface area contributed by atoms with Gasteiger partial charge >= 0.3 is 0 Å². The lowest BCUT2D eigenvalue weighted by atomic mass is 9.97. The number of piperidine rings is 1. The lowest BCUT2D eigenvalue weighted by Crippen LogP contribution is -2.41. The van der Waals surface area contributed by atoms with Crippen LogP contribution < -0.4 is 5.73 Å². The smallest absolute Gasteiger partial charge is 0.143 e. The molecular formula is C13H25N3O2. The number of likely N-dealkylation sites (tertiary alicyclic amines) is 1. The van der Waals surface area contributed by atoms with Crippen molar-refractivity contribution in [3.63, 3.8) is 0 Å². The lowest BCUT2D eigenvalue weighted by Gasteiger charge is -2.32. The van der Waals surface area contributed by atoms with Crippen molar-refractivity contribution in [2.45, 2.75) is 44.6 Å². The molecule has 0 saturated carbocycles. The predicted molar refractivity (Wildman–Crippen MR) is 70.8 cm³/mol. The van der Waals surface area contributed by atoms with Gasteiger partial charge in [0, 0.05) is 19.1 Å². The van der Waals surface area contributed by atoms with Crippen molar-refractivity contribution in [1.29, 1.82) is 0 Å². The monoisotopic (exact) mass is 255 g/mol. The van der Waals surface area contributed by atoms with Gasteiger partial charge in [-0.3, -0.25) is 0 Å². The molecule has 0 aromatic rings. The third-order valence-electron chi connectivity index (χ3n) is 4.06. The molecule has 5 heteroatoms. The molecule has 2 heterocycles. The molecule has 2 saturated heterocycles. The molecule has 0 aliphatic carbocycles. The minimum absolute atomic E-state index is 0.228. The van der Waals surface area contributed by atoms with Crippen molar-refractivity contribution in [3.8, 4) is 0 Å². The third-order valence-corrected chi connectivity index (χ3v) is 4.06. The summed E-state index contributed by atoms with van der Waals surface area (Å²) in [6.45, 7) is 4.12. The van der Waals surface area contributed by atoms with Crippen LogP contribution in [0.1, 0.15) is 38.5 Å². The van der Waals surface area contributed by atoms with Gasteiger partial charge < -0.3 is 20.6 Å². The second-order valence-electron chi connectivity index (χ2n) is 5.44. The van der Waals surface area contributed by atoms with Crippen LogP contribution in [0.2, 0.25) is 0 Å². The van der Waals surface area contributed by atoms with E-state index in [0.29, 0.717) is 11.9 Å². The molecule has 5 nitrogen and oxygen atoms in total. The number of rotatable bonds is 5. The van der Waals surface area contributed by atoms with Crippen molar-refractivity contribution in [3.05, 3.63) is 0 Å². The molecule has 2 rings (SSSR count). The summed E-state index contributed by atoms with van der Waals surface area (Å²) in [5, 5.41) is 11.9. The topological polar surface area (TPSA) is 71.1 Å². The minimum Gasteiger partial charge on any atom is -0.409 e. The Bertz CT molecular complexity index is 277. The lowest BCUT2D eigenvalue weighted by molar-refractivity contribution is 0.0966. The van der Waals surface area contributed by atoms with Crippen LogP contribution in [0.5, 0.6) is 0 Å². The first-order chi connectivity index (χ1) is 8.79. The second kappa shape index (κ2) is 6.95. The summed E-state index contributed by atoms with van der Waals surface area (Å²) >= 11 is 0. The highest BCUT2D eigenvalue weighted by atomic mass is 16.5. The summed E-state index contributed by atoms with van der Waals surface area (Å²) in [4.78, 5) is 2.43. The van der Waals surface area contributed by atoms with Gasteiger partial charge in [-0.05, 0) is 51.6 Å². The largest absolute Gasteiger partial charge is 0.409 e. The van der Waals surface area contributed by atoms with Crippen LogP contribution in [-0.4, -0.2) is 48.3 Å². The minimum atomic E-state index is 0.228. The first kappa shape index (κ1) is 13.6. The van der Waals surface area contributed by atoms with Gasteiger partial charge in [0.15, 0.2) is 0 Å². The standard InChI is InChI=1S/C13H25N3O2/c14-13(15-17)11-4-1-7-16(10-11)8-2-5-12-6-3-9-18-12/h11-12,17H,1-10H2,(H2,14,15). The summed E-state index contributed by atoms with van der Waals surface area (Å²) in [7, 11) is 0. The van der Waals surface area contributed by atoms with Crippen LogP contribution in [0.3, 0.4) is 0 Å². The van der Waals surface area contributed by atoms with Crippen LogP contribution >= 0.6 is 0 Å². The molecule has 0 amide bonds. The van der Waals surface area contributed by atoms with Crippen LogP contribution in [-0.2, 0) is 4.74 Å². The van der Waals surface area contributed by atoms with E-state index >= 15 is 0 Å². The molecule has 2 unspecified atom stereocenters. The molecule has 0 aromatic carbocycles. The molecule has 18 heavy (non-hydrogen) atoms. The third kappa shape index (κ3) is 3.85. The normalized spacial score (nSPS) is 30.8. The molecule has 0 bridgehead atoms. The van der Waals surface area contributed by atoms with E-state index in [9.17, 15) is 0 Å².